The highest BCUT2D eigenvalue weighted by Crippen LogP contribution is 2.38. The van der Waals surface area contributed by atoms with Crippen LogP contribution in [0.25, 0.3) is 0 Å². The molecule has 1 aromatic heterocycles. The van der Waals surface area contributed by atoms with Crippen molar-refractivity contribution in [1.29, 1.82) is 0 Å². The number of primary sulfonamides is 1. The molecule has 3 rings (SSSR count). The second-order valence-corrected chi connectivity index (χ2v) is 8.56. The Balaban J connectivity index is 1.73. The topological polar surface area (TPSA) is 85.4 Å². The number of nitrogens with zero attached hydrogens (tertiary/aromatic N) is 2. The van der Waals surface area contributed by atoms with E-state index in [1.165, 1.54) is 12.8 Å². The van der Waals surface area contributed by atoms with Gasteiger partial charge in [-0.05, 0) is 52.1 Å². The fourth-order valence-corrected chi connectivity index (χ4v) is 4.70. The maximum Gasteiger partial charge on any atom is 0.210 e. The third-order valence-electron chi connectivity index (χ3n) is 4.97. The maximum atomic E-state index is 12.7. The quantitative estimate of drug-likeness (QED) is 0.793. The number of Topliss-reactive ketones (excluding diaryl/α,β-unsaturated/α-hetero) is 1. The zero-order valence-electron chi connectivity index (χ0n) is 13.8. The van der Waals surface area contributed by atoms with Gasteiger partial charge in [-0.2, -0.15) is 0 Å². The van der Waals surface area contributed by atoms with Crippen molar-refractivity contribution in [2.75, 3.05) is 18.8 Å². The summed E-state index contributed by atoms with van der Waals surface area (Å²) in [6, 6.07) is 2.39. The van der Waals surface area contributed by atoms with Crippen molar-refractivity contribution in [3.05, 3.63) is 23.0 Å². The Hall–Kier alpha value is -1.18. The number of likely N-dealkylation sites (tertiary alicyclic amines) is 1. The van der Waals surface area contributed by atoms with Gasteiger partial charge in [0, 0.05) is 29.0 Å². The van der Waals surface area contributed by atoms with Crippen LogP contribution in [0, 0.1) is 13.8 Å². The van der Waals surface area contributed by atoms with E-state index in [0.29, 0.717) is 6.04 Å². The van der Waals surface area contributed by atoms with Gasteiger partial charge in [0.15, 0.2) is 5.78 Å². The molecule has 0 bridgehead atoms. The van der Waals surface area contributed by atoms with E-state index in [1.54, 1.807) is 0 Å². The summed E-state index contributed by atoms with van der Waals surface area (Å²) in [5, 5.41) is 5.16. The average Bonchev–Trinajstić information content (AvgIpc) is 3.10. The molecule has 2 aliphatic rings. The van der Waals surface area contributed by atoms with E-state index < -0.39 is 10.0 Å². The summed E-state index contributed by atoms with van der Waals surface area (Å²) in [5.41, 5.74) is 2.95. The van der Waals surface area contributed by atoms with Crippen molar-refractivity contribution < 1.29 is 13.2 Å². The predicted octanol–water partition coefficient (Wildman–Crippen LogP) is 1.38. The number of hydrogen-bond donors (Lipinski definition) is 1. The Labute approximate surface area is 137 Å². The molecule has 0 unspecified atom stereocenters. The van der Waals surface area contributed by atoms with Gasteiger partial charge in [0.05, 0.1) is 12.3 Å². The molecule has 2 N–H and O–H groups in total. The Bertz CT molecular complexity index is 719. The minimum atomic E-state index is -3.51. The second kappa shape index (κ2) is 6.03. The molecule has 0 amide bonds. The fraction of sp³-hybridized carbons (Fsp3) is 0.688. The van der Waals surface area contributed by atoms with E-state index in [4.69, 9.17) is 5.14 Å². The summed E-state index contributed by atoms with van der Waals surface area (Å²) >= 11 is 0. The van der Waals surface area contributed by atoms with Crippen molar-refractivity contribution in [2.45, 2.75) is 51.6 Å². The number of hydrogen-bond acceptors (Lipinski definition) is 4. The van der Waals surface area contributed by atoms with Crippen molar-refractivity contribution in [2.24, 2.45) is 5.14 Å². The first kappa shape index (κ1) is 16.7. The zero-order valence-corrected chi connectivity index (χ0v) is 14.6. The van der Waals surface area contributed by atoms with Crippen LogP contribution in [0.2, 0.25) is 0 Å². The van der Waals surface area contributed by atoms with Gasteiger partial charge in [0.25, 0.3) is 0 Å². The maximum absolute atomic E-state index is 12.7. The van der Waals surface area contributed by atoms with Gasteiger partial charge < -0.3 is 4.57 Å². The number of sulfonamides is 1. The van der Waals surface area contributed by atoms with E-state index in [2.05, 4.69) is 4.57 Å². The highest BCUT2D eigenvalue weighted by Gasteiger charge is 2.32. The predicted molar refractivity (Wildman–Crippen MR) is 89.1 cm³/mol. The van der Waals surface area contributed by atoms with Crippen LogP contribution >= 0.6 is 0 Å². The number of aryl methyl sites for hydroxylation is 1. The molecule has 1 atom stereocenters. The summed E-state index contributed by atoms with van der Waals surface area (Å²) in [6.07, 6.45) is 4.07. The smallest absolute Gasteiger partial charge is 0.210 e. The standard InChI is InChI=1S/C16H25N3O3S/c1-11-8-15(12(2)19(11)13-5-6-13)16(20)9-18-7-3-4-14(18)10-23(17,21)22/h8,13-14H,3-7,9-10H2,1-2H3,(H2,17,21,22)/t14-/m1/s1. The minimum absolute atomic E-state index is 0.0681. The first-order chi connectivity index (χ1) is 10.8. The zero-order chi connectivity index (χ0) is 16.8. The SMILES string of the molecule is Cc1cc(C(=O)CN2CCC[C@@H]2CS(N)(=O)=O)c(C)n1C1CC1. The molecule has 1 aliphatic carbocycles. The summed E-state index contributed by atoms with van der Waals surface area (Å²) in [6.45, 7) is 5.08. The molecular weight excluding hydrogens is 314 g/mol. The summed E-state index contributed by atoms with van der Waals surface area (Å²) < 4.78 is 24.9. The van der Waals surface area contributed by atoms with Gasteiger partial charge in [-0.1, -0.05) is 0 Å². The van der Waals surface area contributed by atoms with Crippen LogP contribution in [-0.4, -0.2) is 48.6 Å². The van der Waals surface area contributed by atoms with Crippen LogP contribution in [0.1, 0.15) is 53.5 Å². The van der Waals surface area contributed by atoms with Crippen molar-refractivity contribution in [3.8, 4) is 0 Å². The Morgan fingerprint density at radius 1 is 1.30 bits per heavy atom. The number of rotatable bonds is 6. The number of aromatic nitrogens is 1. The van der Waals surface area contributed by atoms with Gasteiger partial charge in [-0.25, -0.2) is 13.6 Å². The first-order valence-electron chi connectivity index (χ1n) is 8.22. The largest absolute Gasteiger partial charge is 0.345 e. The van der Waals surface area contributed by atoms with E-state index in [9.17, 15) is 13.2 Å². The van der Waals surface area contributed by atoms with E-state index in [-0.39, 0.29) is 24.1 Å². The number of ketones is 1. The average molecular weight is 339 g/mol. The van der Waals surface area contributed by atoms with Gasteiger partial charge >= 0.3 is 0 Å². The molecule has 2 heterocycles. The highest BCUT2D eigenvalue weighted by molar-refractivity contribution is 7.89. The van der Waals surface area contributed by atoms with E-state index >= 15 is 0 Å². The number of carbonyl (C=O) groups is 1. The van der Waals surface area contributed by atoms with Gasteiger partial charge in [-0.15, -0.1) is 0 Å². The van der Waals surface area contributed by atoms with Crippen LogP contribution in [0.3, 0.4) is 0 Å². The molecule has 1 saturated carbocycles. The molecule has 128 valence electrons. The van der Waals surface area contributed by atoms with E-state index in [1.807, 2.05) is 24.8 Å². The summed E-state index contributed by atoms with van der Waals surface area (Å²) in [5.74, 6) is 0.00722. The molecule has 2 fully saturated rings. The van der Waals surface area contributed by atoms with Crippen LogP contribution in [0.5, 0.6) is 0 Å². The molecule has 0 aromatic carbocycles. The number of nitrogens with two attached hydrogens (primary N) is 1. The third-order valence-corrected chi connectivity index (χ3v) is 5.82. The Kier molecular flexibility index (Phi) is 4.37. The molecular formula is C16H25N3O3S. The van der Waals surface area contributed by atoms with Crippen molar-refractivity contribution >= 4 is 15.8 Å². The summed E-state index contributed by atoms with van der Waals surface area (Å²) in [4.78, 5) is 14.7. The van der Waals surface area contributed by atoms with Crippen LogP contribution in [-0.2, 0) is 10.0 Å². The Morgan fingerprint density at radius 3 is 2.61 bits per heavy atom. The normalized spacial score (nSPS) is 22.7. The Morgan fingerprint density at radius 2 is 2.00 bits per heavy atom. The van der Waals surface area contributed by atoms with E-state index in [0.717, 1.165) is 36.3 Å². The lowest BCUT2D eigenvalue weighted by molar-refractivity contribution is 0.0926. The lowest BCUT2D eigenvalue weighted by atomic mass is 10.1. The van der Waals surface area contributed by atoms with Gasteiger partial charge in [0.1, 0.15) is 0 Å². The number of carbonyl (C=O) groups excluding carboxylic acids is 1. The lowest BCUT2D eigenvalue weighted by Crippen LogP contribution is -2.40. The van der Waals surface area contributed by atoms with Crippen LogP contribution < -0.4 is 5.14 Å². The third kappa shape index (κ3) is 3.67. The van der Waals surface area contributed by atoms with Crippen LogP contribution in [0.4, 0.5) is 0 Å². The second-order valence-electron chi connectivity index (χ2n) is 6.91. The molecule has 7 heteroatoms. The minimum Gasteiger partial charge on any atom is -0.345 e. The fourth-order valence-electron chi connectivity index (χ4n) is 3.78. The monoisotopic (exact) mass is 339 g/mol. The molecule has 6 nitrogen and oxygen atoms in total. The molecule has 1 aromatic rings. The van der Waals surface area contributed by atoms with Crippen molar-refractivity contribution in [1.82, 2.24) is 9.47 Å². The highest BCUT2D eigenvalue weighted by atomic mass is 32.2. The van der Waals surface area contributed by atoms with Gasteiger partial charge in [-0.3, -0.25) is 9.69 Å². The van der Waals surface area contributed by atoms with Crippen LogP contribution in [0.15, 0.2) is 6.07 Å². The first-order valence-corrected chi connectivity index (χ1v) is 9.94. The molecule has 0 radical (unpaired) electrons. The summed E-state index contributed by atoms with van der Waals surface area (Å²) in [7, 11) is -3.51. The molecule has 1 aliphatic heterocycles. The molecule has 1 saturated heterocycles. The van der Waals surface area contributed by atoms with Crippen molar-refractivity contribution in [3.63, 3.8) is 0 Å². The molecule has 23 heavy (non-hydrogen) atoms. The molecule has 0 spiro atoms. The lowest BCUT2D eigenvalue weighted by Gasteiger charge is -2.22. The van der Waals surface area contributed by atoms with Gasteiger partial charge in [0.2, 0.25) is 10.0 Å².